The van der Waals surface area contributed by atoms with E-state index in [1.807, 2.05) is 25.1 Å². The SMILES string of the molecule is CC(CO)SCc1nc2ccc(N)cc2[nH]1. The Morgan fingerprint density at radius 2 is 2.38 bits per heavy atom. The summed E-state index contributed by atoms with van der Waals surface area (Å²) in [5.74, 6) is 1.70. The monoisotopic (exact) mass is 237 g/mol. The van der Waals surface area contributed by atoms with E-state index in [1.54, 1.807) is 11.8 Å². The third kappa shape index (κ3) is 2.48. The smallest absolute Gasteiger partial charge is 0.117 e. The number of aromatic amines is 1. The average molecular weight is 237 g/mol. The van der Waals surface area contributed by atoms with Crippen molar-refractivity contribution in [1.82, 2.24) is 9.97 Å². The Kier molecular flexibility index (Phi) is 3.36. The van der Waals surface area contributed by atoms with E-state index in [4.69, 9.17) is 10.8 Å². The molecule has 0 saturated heterocycles. The Labute approximate surface area is 98.3 Å². The maximum absolute atomic E-state index is 8.92. The first kappa shape index (κ1) is 11.3. The van der Waals surface area contributed by atoms with E-state index in [2.05, 4.69) is 9.97 Å². The van der Waals surface area contributed by atoms with Gasteiger partial charge in [0.15, 0.2) is 0 Å². The number of nitrogens with one attached hydrogen (secondary N) is 1. The molecule has 4 N–H and O–H groups in total. The van der Waals surface area contributed by atoms with Crippen LogP contribution in [0.2, 0.25) is 0 Å². The predicted molar refractivity (Wildman–Crippen MR) is 68.3 cm³/mol. The summed E-state index contributed by atoms with van der Waals surface area (Å²) in [4.78, 5) is 7.67. The van der Waals surface area contributed by atoms with Gasteiger partial charge in [0.1, 0.15) is 5.82 Å². The number of imidazole rings is 1. The van der Waals surface area contributed by atoms with Crippen molar-refractivity contribution in [3.8, 4) is 0 Å². The molecule has 1 heterocycles. The summed E-state index contributed by atoms with van der Waals surface area (Å²) < 4.78 is 0. The minimum atomic E-state index is 0.192. The minimum absolute atomic E-state index is 0.192. The molecule has 2 aromatic rings. The average Bonchev–Trinajstić information content (AvgIpc) is 2.67. The molecular formula is C11H15N3OS. The fourth-order valence-electron chi connectivity index (χ4n) is 1.42. The lowest BCUT2D eigenvalue weighted by Gasteiger charge is -2.04. The molecule has 1 unspecified atom stereocenters. The zero-order chi connectivity index (χ0) is 11.5. The third-order valence-corrected chi connectivity index (χ3v) is 3.47. The molecule has 0 bridgehead atoms. The second kappa shape index (κ2) is 4.76. The number of aromatic nitrogens is 2. The van der Waals surface area contributed by atoms with Crippen LogP contribution in [0.25, 0.3) is 11.0 Å². The van der Waals surface area contributed by atoms with Crippen LogP contribution in [0.5, 0.6) is 0 Å². The number of hydrogen-bond acceptors (Lipinski definition) is 4. The van der Waals surface area contributed by atoms with E-state index in [-0.39, 0.29) is 11.9 Å². The van der Waals surface area contributed by atoms with Gasteiger partial charge in [-0.15, -0.1) is 11.8 Å². The second-order valence-electron chi connectivity index (χ2n) is 3.76. The van der Waals surface area contributed by atoms with Crippen LogP contribution in [0.4, 0.5) is 5.69 Å². The largest absolute Gasteiger partial charge is 0.399 e. The summed E-state index contributed by atoms with van der Waals surface area (Å²) in [6.07, 6.45) is 0. The number of anilines is 1. The van der Waals surface area contributed by atoms with Crippen molar-refractivity contribution in [2.75, 3.05) is 12.3 Å². The Morgan fingerprint density at radius 1 is 1.56 bits per heavy atom. The summed E-state index contributed by atoms with van der Waals surface area (Å²) >= 11 is 1.67. The van der Waals surface area contributed by atoms with Gasteiger partial charge in [0.25, 0.3) is 0 Å². The lowest BCUT2D eigenvalue weighted by molar-refractivity contribution is 0.300. The zero-order valence-corrected chi connectivity index (χ0v) is 9.92. The summed E-state index contributed by atoms with van der Waals surface area (Å²) in [7, 11) is 0. The van der Waals surface area contributed by atoms with Gasteiger partial charge in [0.2, 0.25) is 0 Å². The van der Waals surface area contributed by atoms with Crippen LogP contribution in [0.15, 0.2) is 18.2 Å². The molecule has 1 aromatic heterocycles. The molecule has 0 radical (unpaired) electrons. The Hall–Kier alpha value is -1.20. The van der Waals surface area contributed by atoms with Crippen molar-refractivity contribution in [2.24, 2.45) is 0 Å². The molecule has 0 aliphatic heterocycles. The molecule has 0 aliphatic carbocycles. The molecule has 2 rings (SSSR count). The van der Waals surface area contributed by atoms with Crippen LogP contribution < -0.4 is 5.73 Å². The number of nitrogen functional groups attached to an aromatic ring is 1. The van der Waals surface area contributed by atoms with Gasteiger partial charge in [0, 0.05) is 10.9 Å². The quantitative estimate of drug-likeness (QED) is 0.708. The highest BCUT2D eigenvalue weighted by atomic mass is 32.2. The molecule has 0 fully saturated rings. The molecule has 0 spiro atoms. The zero-order valence-electron chi connectivity index (χ0n) is 9.10. The van der Waals surface area contributed by atoms with Crippen LogP contribution in [-0.2, 0) is 5.75 Å². The van der Waals surface area contributed by atoms with Crippen molar-refractivity contribution in [2.45, 2.75) is 17.9 Å². The summed E-state index contributed by atoms with van der Waals surface area (Å²) in [6, 6.07) is 5.63. The first-order chi connectivity index (χ1) is 7.69. The van der Waals surface area contributed by atoms with Crippen LogP contribution in [0.1, 0.15) is 12.7 Å². The van der Waals surface area contributed by atoms with Gasteiger partial charge in [-0.25, -0.2) is 4.98 Å². The van der Waals surface area contributed by atoms with E-state index in [1.165, 1.54) is 0 Å². The summed E-state index contributed by atoms with van der Waals surface area (Å²) in [5.41, 5.74) is 8.32. The lowest BCUT2D eigenvalue weighted by atomic mass is 10.3. The van der Waals surface area contributed by atoms with E-state index >= 15 is 0 Å². The molecular weight excluding hydrogens is 222 g/mol. The van der Waals surface area contributed by atoms with Gasteiger partial charge < -0.3 is 15.8 Å². The van der Waals surface area contributed by atoms with Crippen LogP contribution in [0, 0.1) is 0 Å². The summed E-state index contributed by atoms with van der Waals surface area (Å²) in [6.45, 7) is 2.18. The molecule has 1 atom stereocenters. The number of thioether (sulfide) groups is 1. The Morgan fingerprint density at radius 3 is 3.12 bits per heavy atom. The van der Waals surface area contributed by atoms with Crippen molar-refractivity contribution in [3.05, 3.63) is 24.0 Å². The van der Waals surface area contributed by atoms with Crippen molar-refractivity contribution in [1.29, 1.82) is 0 Å². The highest BCUT2D eigenvalue weighted by Crippen LogP contribution is 2.19. The number of nitrogens with zero attached hydrogens (tertiary/aromatic N) is 1. The van der Waals surface area contributed by atoms with Gasteiger partial charge in [-0.3, -0.25) is 0 Å². The van der Waals surface area contributed by atoms with E-state index in [0.717, 1.165) is 28.3 Å². The van der Waals surface area contributed by atoms with Gasteiger partial charge in [-0.1, -0.05) is 6.92 Å². The first-order valence-corrected chi connectivity index (χ1v) is 6.20. The van der Waals surface area contributed by atoms with E-state index < -0.39 is 0 Å². The maximum Gasteiger partial charge on any atom is 0.117 e. The normalized spacial score (nSPS) is 13.1. The molecule has 0 amide bonds. The summed E-state index contributed by atoms with van der Waals surface area (Å²) in [5, 5.41) is 9.16. The molecule has 16 heavy (non-hydrogen) atoms. The highest BCUT2D eigenvalue weighted by molar-refractivity contribution is 7.99. The molecule has 1 aromatic carbocycles. The van der Waals surface area contributed by atoms with Gasteiger partial charge >= 0.3 is 0 Å². The molecule has 0 aliphatic rings. The van der Waals surface area contributed by atoms with Gasteiger partial charge in [-0.2, -0.15) is 0 Å². The second-order valence-corrected chi connectivity index (χ2v) is 5.19. The van der Waals surface area contributed by atoms with E-state index in [0.29, 0.717) is 0 Å². The third-order valence-electron chi connectivity index (χ3n) is 2.32. The number of hydrogen-bond donors (Lipinski definition) is 3. The van der Waals surface area contributed by atoms with Crippen LogP contribution >= 0.6 is 11.8 Å². The minimum Gasteiger partial charge on any atom is -0.399 e. The number of nitrogens with two attached hydrogens (primary N) is 1. The van der Waals surface area contributed by atoms with Crippen molar-refractivity contribution >= 4 is 28.5 Å². The van der Waals surface area contributed by atoms with Gasteiger partial charge in [-0.05, 0) is 18.2 Å². The van der Waals surface area contributed by atoms with E-state index in [9.17, 15) is 0 Å². The van der Waals surface area contributed by atoms with Crippen molar-refractivity contribution in [3.63, 3.8) is 0 Å². The Bertz CT molecular complexity index is 483. The number of benzene rings is 1. The molecule has 5 heteroatoms. The fourth-order valence-corrected chi connectivity index (χ4v) is 2.11. The number of aliphatic hydroxyl groups is 1. The molecule has 86 valence electrons. The number of aliphatic hydroxyl groups excluding tert-OH is 1. The highest BCUT2D eigenvalue weighted by Gasteiger charge is 2.05. The molecule has 0 saturated carbocycles. The topological polar surface area (TPSA) is 74.9 Å². The van der Waals surface area contributed by atoms with Crippen LogP contribution in [0.3, 0.4) is 0 Å². The number of rotatable bonds is 4. The van der Waals surface area contributed by atoms with Crippen LogP contribution in [-0.4, -0.2) is 26.9 Å². The number of fused-ring (bicyclic) bond motifs is 1. The predicted octanol–water partition coefficient (Wildman–Crippen LogP) is 1.76. The standard InChI is InChI=1S/C11H15N3OS/c1-7(5-15)16-6-11-13-9-3-2-8(12)4-10(9)14-11/h2-4,7,15H,5-6,12H2,1H3,(H,13,14). The number of H-pyrrole nitrogens is 1. The lowest BCUT2D eigenvalue weighted by Crippen LogP contribution is -2.02. The molecule has 4 nitrogen and oxygen atoms in total. The fraction of sp³-hybridized carbons (Fsp3) is 0.364. The van der Waals surface area contributed by atoms with Crippen molar-refractivity contribution < 1.29 is 5.11 Å². The first-order valence-electron chi connectivity index (χ1n) is 5.15. The van der Waals surface area contributed by atoms with Gasteiger partial charge in [0.05, 0.1) is 23.4 Å². The maximum atomic E-state index is 8.92. The Balaban J connectivity index is 2.13.